The van der Waals surface area contributed by atoms with Gasteiger partial charge < -0.3 is 8.83 Å². The van der Waals surface area contributed by atoms with E-state index in [2.05, 4.69) is 33.4 Å². The SMILES string of the molecule is Cc1cccc(-c2nnc([C@@H](C)Sc3nnc(-c4cc5c(s4)CC[C@H](C)C5)o3)o2)c1. The van der Waals surface area contributed by atoms with Crippen LogP contribution in [0.25, 0.3) is 22.2 Å². The zero-order valence-corrected chi connectivity index (χ0v) is 18.7. The number of hydrogen-bond acceptors (Lipinski definition) is 8. The van der Waals surface area contributed by atoms with Gasteiger partial charge in [-0.2, -0.15) is 0 Å². The molecule has 6 nitrogen and oxygen atoms in total. The Morgan fingerprint density at radius 1 is 1.10 bits per heavy atom. The number of thiophene rings is 1. The molecular weight excluding hydrogens is 416 g/mol. The van der Waals surface area contributed by atoms with Crippen LogP contribution in [0.1, 0.15) is 47.4 Å². The molecule has 30 heavy (non-hydrogen) atoms. The van der Waals surface area contributed by atoms with Gasteiger partial charge in [-0.15, -0.1) is 31.7 Å². The van der Waals surface area contributed by atoms with Crippen molar-refractivity contribution in [1.29, 1.82) is 0 Å². The van der Waals surface area contributed by atoms with Gasteiger partial charge in [0.1, 0.15) is 0 Å². The highest BCUT2D eigenvalue weighted by molar-refractivity contribution is 7.99. The van der Waals surface area contributed by atoms with E-state index in [1.807, 2.05) is 38.1 Å². The van der Waals surface area contributed by atoms with Gasteiger partial charge in [-0.05, 0) is 62.8 Å². The van der Waals surface area contributed by atoms with E-state index in [0.29, 0.717) is 22.9 Å². The smallest absolute Gasteiger partial charge is 0.277 e. The summed E-state index contributed by atoms with van der Waals surface area (Å²) in [4.78, 5) is 2.51. The average Bonchev–Trinajstić information content (AvgIpc) is 3.46. The Morgan fingerprint density at radius 2 is 1.97 bits per heavy atom. The molecule has 8 heteroatoms. The van der Waals surface area contributed by atoms with Crippen LogP contribution in [-0.2, 0) is 12.8 Å². The topological polar surface area (TPSA) is 77.8 Å². The lowest BCUT2D eigenvalue weighted by Crippen LogP contribution is -2.07. The molecule has 0 saturated heterocycles. The largest absolute Gasteiger partial charge is 0.419 e. The Labute approximate surface area is 183 Å². The molecule has 0 spiro atoms. The molecule has 1 aliphatic rings. The maximum Gasteiger partial charge on any atom is 0.277 e. The minimum absolute atomic E-state index is 0.0956. The maximum atomic E-state index is 5.93. The van der Waals surface area contributed by atoms with Crippen molar-refractivity contribution in [3.05, 3.63) is 52.2 Å². The van der Waals surface area contributed by atoms with E-state index in [0.717, 1.165) is 34.8 Å². The zero-order chi connectivity index (χ0) is 20.7. The van der Waals surface area contributed by atoms with Gasteiger partial charge in [0.05, 0.1) is 10.1 Å². The van der Waals surface area contributed by atoms with E-state index in [1.165, 1.54) is 28.6 Å². The zero-order valence-electron chi connectivity index (χ0n) is 17.1. The van der Waals surface area contributed by atoms with Gasteiger partial charge in [-0.25, -0.2) is 0 Å². The van der Waals surface area contributed by atoms with Crippen molar-refractivity contribution in [2.45, 2.75) is 50.5 Å². The van der Waals surface area contributed by atoms with Gasteiger partial charge in [-0.1, -0.05) is 36.4 Å². The monoisotopic (exact) mass is 438 g/mol. The number of aromatic nitrogens is 4. The Kier molecular flexibility index (Phi) is 5.20. The molecule has 0 saturated carbocycles. The second-order valence-electron chi connectivity index (χ2n) is 7.86. The van der Waals surface area contributed by atoms with Crippen LogP contribution in [0.2, 0.25) is 0 Å². The van der Waals surface area contributed by atoms with Gasteiger partial charge in [-0.3, -0.25) is 0 Å². The molecule has 3 aromatic heterocycles. The van der Waals surface area contributed by atoms with Crippen molar-refractivity contribution in [2.75, 3.05) is 0 Å². The standard InChI is InChI=1S/C22H22N4O2S2/c1-12-5-4-6-15(9-12)20-24-23-19(27-20)14(3)29-22-26-25-21(28-22)18-11-16-10-13(2)7-8-17(16)30-18/h4-6,9,11,13-14H,7-8,10H2,1-3H3/t13-,14+/m0/s1. The lowest BCUT2D eigenvalue weighted by atomic mass is 9.90. The van der Waals surface area contributed by atoms with E-state index in [-0.39, 0.29) is 5.25 Å². The summed E-state index contributed by atoms with van der Waals surface area (Å²) in [5.41, 5.74) is 3.50. The Bertz CT molecular complexity index is 1180. The molecule has 0 amide bonds. The molecule has 0 N–H and O–H groups in total. The molecule has 1 aromatic carbocycles. The molecule has 0 fully saturated rings. The minimum atomic E-state index is -0.0956. The van der Waals surface area contributed by atoms with E-state index in [9.17, 15) is 0 Å². The third-order valence-corrected chi connectivity index (χ3v) is 7.42. The lowest BCUT2D eigenvalue weighted by Gasteiger charge is -2.16. The molecule has 2 atom stereocenters. The van der Waals surface area contributed by atoms with Crippen molar-refractivity contribution in [2.24, 2.45) is 5.92 Å². The molecule has 0 aliphatic heterocycles. The molecule has 5 rings (SSSR count). The first kappa shape index (κ1) is 19.5. The van der Waals surface area contributed by atoms with Crippen LogP contribution >= 0.6 is 23.1 Å². The van der Waals surface area contributed by atoms with E-state index < -0.39 is 0 Å². The fourth-order valence-electron chi connectivity index (χ4n) is 3.66. The van der Waals surface area contributed by atoms with Gasteiger partial charge in [0.25, 0.3) is 11.1 Å². The van der Waals surface area contributed by atoms with Gasteiger partial charge >= 0.3 is 0 Å². The van der Waals surface area contributed by atoms with Crippen LogP contribution in [0.4, 0.5) is 0 Å². The first-order valence-electron chi connectivity index (χ1n) is 10.1. The summed E-state index contributed by atoms with van der Waals surface area (Å²) in [7, 11) is 0. The molecule has 154 valence electrons. The summed E-state index contributed by atoms with van der Waals surface area (Å²) >= 11 is 3.20. The summed E-state index contributed by atoms with van der Waals surface area (Å²) < 4.78 is 11.8. The van der Waals surface area contributed by atoms with Crippen LogP contribution < -0.4 is 0 Å². The first-order chi connectivity index (χ1) is 14.5. The van der Waals surface area contributed by atoms with E-state index in [1.54, 1.807) is 11.3 Å². The molecular formula is C22H22N4O2S2. The highest BCUT2D eigenvalue weighted by Gasteiger charge is 2.23. The first-order valence-corrected chi connectivity index (χ1v) is 11.8. The lowest BCUT2D eigenvalue weighted by molar-refractivity contribution is 0.462. The molecule has 1 aliphatic carbocycles. The fraction of sp³-hybridized carbons (Fsp3) is 0.364. The van der Waals surface area contributed by atoms with Crippen LogP contribution in [0.5, 0.6) is 0 Å². The van der Waals surface area contributed by atoms with E-state index in [4.69, 9.17) is 8.83 Å². The number of hydrogen-bond donors (Lipinski definition) is 0. The van der Waals surface area contributed by atoms with Gasteiger partial charge in [0.15, 0.2) is 0 Å². The normalized spacial score (nSPS) is 17.1. The number of benzene rings is 1. The van der Waals surface area contributed by atoms with Crippen molar-refractivity contribution in [1.82, 2.24) is 20.4 Å². The van der Waals surface area contributed by atoms with Crippen LogP contribution in [-0.4, -0.2) is 20.4 Å². The molecule has 0 radical (unpaired) electrons. The highest BCUT2D eigenvalue weighted by Crippen LogP contribution is 2.39. The number of fused-ring (bicyclic) bond motifs is 1. The Hall–Kier alpha value is -2.45. The predicted octanol–water partition coefficient (Wildman–Crippen LogP) is 6.13. The fourth-order valence-corrected chi connectivity index (χ4v) is 5.51. The number of rotatable bonds is 5. The number of thioether (sulfide) groups is 1. The number of nitrogens with zero attached hydrogens (tertiary/aromatic N) is 4. The third kappa shape index (κ3) is 3.94. The molecule has 4 aromatic rings. The summed E-state index contributed by atoms with van der Waals surface area (Å²) in [5, 5.41) is 17.3. The summed E-state index contributed by atoms with van der Waals surface area (Å²) in [5.74, 6) is 2.39. The van der Waals surface area contributed by atoms with Crippen molar-refractivity contribution in [3.8, 4) is 22.2 Å². The van der Waals surface area contributed by atoms with E-state index >= 15 is 0 Å². The minimum Gasteiger partial charge on any atom is -0.419 e. The van der Waals surface area contributed by atoms with Crippen LogP contribution in [0, 0.1) is 12.8 Å². The second kappa shape index (κ2) is 8.00. The van der Waals surface area contributed by atoms with Gasteiger partial charge in [0, 0.05) is 10.4 Å². The average molecular weight is 439 g/mol. The maximum absolute atomic E-state index is 5.93. The van der Waals surface area contributed by atoms with Crippen molar-refractivity contribution < 1.29 is 8.83 Å². The predicted molar refractivity (Wildman–Crippen MR) is 118 cm³/mol. The molecule has 0 bridgehead atoms. The van der Waals surface area contributed by atoms with Crippen molar-refractivity contribution >= 4 is 23.1 Å². The summed E-state index contributed by atoms with van der Waals surface area (Å²) in [6, 6.07) is 10.2. The number of aryl methyl sites for hydroxylation is 2. The quantitative estimate of drug-likeness (QED) is 0.347. The van der Waals surface area contributed by atoms with Crippen LogP contribution in [0.15, 0.2) is 44.4 Å². The summed E-state index contributed by atoms with van der Waals surface area (Å²) in [6.07, 6.45) is 3.54. The second-order valence-corrected chi connectivity index (χ2v) is 10.3. The highest BCUT2D eigenvalue weighted by atomic mass is 32.2. The van der Waals surface area contributed by atoms with Crippen molar-refractivity contribution in [3.63, 3.8) is 0 Å². The third-order valence-electron chi connectivity index (χ3n) is 5.28. The molecule has 3 heterocycles. The summed E-state index contributed by atoms with van der Waals surface area (Å²) in [6.45, 7) is 6.34. The van der Waals surface area contributed by atoms with Gasteiger partial charge in [0.2, 0.25) is 11.8 Å². The van der Waals surface area contributed by atoms with Crippen LogP contribution in [0.3, 0.4) is 0 Å². The molecule has 0 unspecified atom stereocenters. The Morgan fingerprint density at radius 3 is 2.83 bits per heavy atom. The Balaban J connectivity index is 1.30.